The van der Waals surface area contributed by atoms with Crippen molar-refractivity contribution in [1.82, 2.24) is 19.7 Å². The lowest BCUT2D eigenvalue weighted by Crippen LogP contribution is -2.18. The minimum absolute atomic E-state index is 0.424. The summed E-state index contributed by atoms with van der Waals surface area (Å²) in [5, 5.41) is 7.20. The number of fused-ring (bicyclic) bond motifs is 1. The molecule has 1 unspecified atom stereocenters. The van der Waals surface area contributed by atoms with Gasteiger partial charge in [0.1, 0.15) is 0 Å². The predicted octanol–water partition coefficient (Wildman–Crippen LogP) is 2.60. The number of hydrogen-bond donors (Lipinski definition) is 1. The molecule has 1 atom stereocenters. The molecule has 0 fully saturated rings. The molecule has 1 N–H and O–H groups in total. The largest absolute Gasteiger partial charge is 0.461 e. The monoisotopic (exact) mass is 254 g/mol. The van der Waals surface area contributed by atoms with Crippen LogP contribution in [0.1, 0.15) is 23.7 Å². The van der Waals surface area contributed by atoms with Crippen molar-refractivity contribution in [3.63, 3.8) is 0 Å². The van der Waals surface area contributed by atoms with Gasteiger partial charge in [-0.05, 0) is 37.0 Å². The zero-order chi connectivity index (χ0) is 12.7. The number of aryl methyl sites for hydroxylation is 1. The summed E-state index contributed by atoms with van der Waals surface area (Å²) in [5.41, 5.74) is 2.59. The Balaban J connectivity index is 1.70. The fourth-order valence-corrected chi connectivity index (χ4v) is 2.84. The molecule has 0 radical (unpaired) electrons. The Morgan fingerprint density at radius 3 is 3.32 bits per heavy atom. The molecule has 3 aromatic rings. The van der Waals surface area contributed by atoms with Crippen LogP contribution in [-0.4, -0.2) is 19.7 Å². The maximum Gasteiger partial charge on any atom is 0.176 e. The van der Waals surface area contributed by atoms with Crippen LogP contribution in [-0.2, 0) is 12.8 Å². The number of nitrogens with zero attached hydrogens (tertiary/aromatic N) is 3. The van der Waals surface area contributed by atoms with Gasteiger partial charge in [-0.25, -0.2) is 4.98 Å². The number of rotatable bonds is 2. The van der Waals surface area contributed by atoms with Gasteiger partial charge in [-0.2, -0.15) is 5.10 Å². The second-order valence-electron chi connectivity index (χ2n) is 4.91. The molecule has 4 rings (SSSR count). The SMILES string of the molecule is c1coc(-c2nccn2C2CCc3[nH]ncc3C2)c1. The highest BCUT2D eigenvalue weighted by molar-refractivity contribution is 5.47. The predicted molar refractivity (Wildman–Crippen MR) is 69.6 cm³/mol. The number of imidazole rings is 1. The summed E-state index contributed by atoms with van der Waals surface area (Å²) in [5.74, 6) is 1.73. The topological polar surface area (TPSA) is 59.6 Å². The van der Waals surface area contributed by atoms with Gasteiger partial charge in [0.15, 0.2) is 11.6 Å². The molecule has 0 spiro atoms. The standard InChI is InChI=1S/C14H14N4O/c1-2-13(19-7-1)14-15-5-6-18(14)11-3-4-12-10(8-11)9-16-17-12/h1-2,5-7,9,11H,3-4,8H2,(H,16,17). The first-order valence-electron chi connectivity index (χ1n) is 6.49. The highest BCUT2D eigenvalue weighted by Gasteiger charge is 2.23. The van der Waals surface area contributed by atoms with Crippen molar-refractivity contribution in [2.75, 3.05) is 0 Å². The van der Waals surface area contributed by atoms with Crippen LogP contribution in [0.3, 0.4) is 0 Å². The molecule has 0 amide bonds. The molecule has 0 saturated carbocycles. The van der Waals surface area contributed by atoms with Crippen LogP contribution in [0.5, 0.6) is 0 Å². The first-order chi connectivity index (χ1) is 9.42. The van der Waals surface area contributed by atoms with Crippen LogP contribution in [0.15, 0.2) is 41.4 Å². The summed E-state index contributed by atoms with van der Waals surface area (Å²) in [6.45, 7) is 0. The molecule has 1 aliphatic rings. The minimum atomic E-state index is 0.424. The summed E-state index contributed by atoms with van der Waals surface area (Å²) in [6.07, 6.45) is 10.6. The van der Waals surface area contributed by atoms with Crippen molar-refractivity contribution in [3.05, 3.63) is 48.2 Å². The molecule has 0 bridgehead atoms. The van der Waals surface area contributed by atoms with Crippen molar-refractivity contribution in [2.45, 2.75) is 25.3 Å². The zero-order valence-corrected chi connectivity index (χ0v) is 10.4. The summed E-state index contributed by atoms with van der Waals surface area (Å²) in [7, 11) is 0. The fraction of sp³-hybridized carbons (Fsp3) is 0.286. The average molecular weight is 254 g/mol. The minimum Gasteiger partial charge on any atom is -0.461 e. The second-order valence-corrected chi connectivity index (χ2v) is 4.91. The Hall–Kier alpha value is -2.30. The molecular formula is C14H14N4O. The Bertz CT molecular complexity index is 680. The van der Waals surface area contributed by atoms with Crippen LogP contribution in [0.25, 0.3) is 11.6 Å². The van der Waals surface area contributed by atoms with E-state index in [1.807, 2.05) is 30.7 Å². The van der Waals surface area contributed by atoms with Gasteiger partial charge in [0.25, 0.3) is 0 Å². The van der Waals surface area contributed by atoms with Crippen molar-refractivity contribution >= 4 is 0 Å². The van der Waals surface area contributed by atoms with E-state index in [0.717, 1.165) is 30.8 Å². The van der Waals surface area contributed by atoms with Crippen molar-refractivity contribution in [1.29, 1.82) is 0 Å². The smallest absolute Gasteiger partial charge is 0.176 e. The summed E-state index contributed by atoms with van der Waals surface area (Å²) < 4.78 is 7.68. The summed E-state index contributed by atoms with van der Waals surface area (Å²) in [4.78, 5) is 4.42. The van der Waals surface area contributed by atoms with E-state index in [4.69, 9.17) is 4.42 Å². The van der Waals surface area contributed by atoms with Crippen LogP contribution in [0.2, 0.25) is 0 Å². The van der Waals surface area contributed by atoms with Gasteiger partial charge in [-0.15, -0.1) is 0 Å². The van der Waals surface area contributed by atoms with E-state index in [9.17, 15) is 0 Å². The van der Waals surface area contributed by atoms with Crippen molar-refractivity contribution < 1.29 is 4.42 Å². The van der Waals surface area contributed by atoms with Crippen molar-refractivity contribution in [3.8, 4) is 11.6 Å². The highest BCUT2D eigenvalue weighted by Crippen LogP contribution is 2.31. The molecule has 96 valence electrons. The molecule has 1 aliphatic carbocycles. The number of H-pyrrole nitrogens is 1. The van der Waals surface area contributed by atoms with Crippen LogP contribution in [0.4, 0.5) is 0 Å². The van der Waals surface area contributed by atoms with E-state index in [-0.39, 0.29) is 0 Å². The number of aromatic amines is 1. The highest BCUT2D eigenvalue weighted by atomic mass is 16.3. The lowest BCUT2D eigenvalue weighted by atomic mass is 9.93. The van der Waals surface area contributed by atoms with Crippen molar-refractivity contribution in [2.24, 2.45) is 0 Å². The maximum absolute atomic E-state index is 5.46. The Morgan fingerprint density at radius 1 is 1.42 bits per heavy atom. The Morgan fingerprint density at radius 2 is 2.42 bits per heavy atom. The van der Waals surface area contributed by atoms with Gasteiger partial charge < -0.3 is 8.98 Å². The third kappa shape index (κ3) is 1.69. The van der Waals surface area contributed by atoms with E-state index < -0.39 is 0 Å². The van der Waals surface area contributed by atoms with Gasteiger partial charge in [0.05, 0.1) is 12.5 Å². The number of furan rings is 1. The van der Waals surface area contributed by atoms with Crippen LogP contribution >= 0.6 is 0 Å². The molecular weight excluding hydrogens is 240 g/mol. The average Bonchev–Trinajstić information content (AvgIpc) is 3.18. The molecule has 0 aromatic carbocycles. The Labute approximate surface area is 110 Å². The first-order valence-corrected chi connectivity index (χ1v) is 6.49. The molecule has 0 saturated heterocycles. The number of nitrogens with one attached hydrogen (secondary N) is 1. The van der Waals surface area contributed by atoms with E-state index in [1.165, 1.54) is 11.3 Å². The second kappa shape index (κ2) is 4.12. The number of hydrogen-bond acceptors (Lipinski definition) is 3. The maximum atomic E-state index is 5.46. The van der Waals surface area contributed by atoms with Gasteiger partial charge in [-0.3, -0.25) is 5.10 Å². The van der Waals surface area contributed by atoms with Gasteiger partial charge >= 0.3 is 0 Å². The summed E-state index contributed by atoms with van der Waals surface area (Å²) >= 11 is 0. The van der Waals surface area contributed by atoms with E-state index in [0.29, 0.717) is 6.04 Å². The molecule has 3 aromatic heterocycles. The lowest BCUT2D eigenvalue weighted by Gasteiger charge is -2.24. The Kier molecular flexibility index (Phi) is 2.30. The third-order valence-electron chi connectivity index (χ3n) is 3.79. The van der Waals surface area contributed by atoms with Crippen LogP contribution in [0, 0.1) is 0 Å². The van der Waals surface area contributed by atoms with Crippen LogP contribution < -0.4 is 0 Å². The lowest BCUT2D eigenvalue weighted by molar-refractivity contribution is 0.438. The van der Waals surface area contributed by atoms with E-state index in [1.54, 1.807) is 6.26 Å². The molecule has 19 heavy (non-hydrogen) atoms. The molecule has 3 heterocycles. The van der Waals surface area contributed by atoms with Gasteiger partial charge in [0.2, 0.25) is 0 Å². The molecule has 5 nitrogen and oxygen atoms in total. The first kappa shape index (κ1) is 10.6. The van der Waals surface area contributed by atoms with E-state index in [2.05, 4.69) is 19.7 Å². The zero-order valence-electron chi connectivity index (χ0n) is 10.4. The number of aromatic nitrogens is 4. The molecule has 5 heteroatoms. The fourth-order valence-electron chi connectivity index (χ4n) is 2.84. The van der Waals surface area contributed by atoms with Gasteiger partial charge in [0, 0.05) is 24.1 Å². The van der Waals surface area contributed by atoms with E-state index >= 15 is 0 Å². The third-order valence-corrected chi connectivity index (χ3v) is 3.79. The quantitative estimate of drug-likeness (QED) is 0.764. The van der Waals surface area contributed by atoms with Gasteiger partial charge in [-0.1, -0.05) is 0 Å². The normalized spacial score (nSPS) is 18.4. The summed E-state index contributed by atoms with van der Waals surface area (Å²) in [6, 6.07) is 4.27. The molecule has 0 aliphatic heterocycles.